The van der Waals surface area contributed by atoms with Crippen molar-refractivity contribution in [2.75, 3.05) is 0 Å². The summed E-state index contributed by atoms with van der Waals surface area (Å²) in [7, 11) is 0. The van der Waals surface area contributed by atoms with Crippen LogP contribution in [0.2, 0.25) is 0 Å². The Labute approximate surface area is 183 Å². The van der Waals surface area contributed by atoms with Crippen LogP contribution in [0.4, 0.5) is 0 Å². The summed E-state index contributed by atoms with van der Waals surface area (Å²) in [5.74, 6) is 0. The Morgan fingerprint density at radius 2 is 1.17 bits per heavy atom. The number of unbranched alkanes of at least 4 members (excludes halogenated alkanes) is 2. The number of oxime groups is 2. The first-order chi connectivity index (χ1) is 14.2. The Morgan fingerprint density at radius 1 is 0.724 bits per heavy atom. The molecule has 0 fully saturated rings. The van der Waals surface area contributed by atoms with Crippen LogP contribution in [0.25, 0.3) is 19.5 Å². The van der Waals surface area contributed by atoms with Gasteiger partial charge in [0, 0.05) is 29.3 Å². The molecule has 0 saturated heterocycles. The first-order valence-electron chi connectivity index (χ1n) is 9.91. The molecule has 0 amide bonds. The van der Waals surface area contributed by atoms with E-state index in [1.165, 1.54) is 68.7 Å². The van der Waals surface area contributed by atoms with Crippen molar-refractivity contribution in [2.45, 2.75) is 52.4 Å². The first-order valence-corrected chi connectivity index (χ1v) is 12.4. The highest BCUT2D eigenvalue weighted by Crippen LogP contribution is 2.47. The smallest absolute Gasteiger partial charge is 0.0833 e. The zero-order chi connectivity index (χ0) is 20.6. The van der Waals surface area contributed by atoms with Crippen LogP contribution in [-0.4, -0.2) is 22.8 Å². The largest absolute Gasteiger partial charge is 0.411 e. The molecule has 0 aromatic carbocycles. The van der Waals surface area contributed by atoms with Gasteiger partial charge >= 0.3 is 0 Å². The van der Waals surface area contributed by atoms with Crippen molar-refractivity contribution in [1.82, 2.24) is 0 Å². The molecule has 0 saturated carbocycles. The fraction of sp³-hybridized carbons (Fsp3) is 0.364. The minimum atomic E-state index is 0.951. The summed E-state index contributed by atoms with van der Waals surface area (Å²) >= 11 is 5.19. The topological polar surface area (TPSA) is 65.2 Å². The van der Waals surface area contributed by atoms with Gasteiger partial charge in [-0.2, -0.15) is 0 Å². The van der Waals surface area contributed by atoms with E-state index < -0.39 is 0 Å². The van der Waals surface area contributed by atoms with Crippen LogP contribution < -0.4 is 0 Å². The second kappa shape index (κ2) is 10.7. The normalized spacial score (nSPS) is 11.9. The van der Waals surface area contributed by atoms with Gasteiger partial charge in [-0.05, 0) is 61.1 Å². The predicted molar refractivity (Wildman–Crippen MR) is 127 cm³/mol. The van der Waals surface area contributed by atoms with E-state index in [0.717, 1.165) is 22.6 Å². The summed E-state index contributed by atoms with van der Waals surface area (Å²) in [6.45, 7) is 4.47. The van der Waals surface area contributed by atoms with E-state index in [0.29, 0.717) is 0 Å². The fourth-order valence-electron chi connectivity index (χ4n) is 3.34. The van der Waals surface area contributed by atoms with Gasteiger partial charge in [-0.25, -0.2) is 0 Å². The van der Waals surface area contributed by atoms with E-state index in [1.54, 1.807) is 22.7 Å². The molecule has 3 rings (SSSR count). The molecule has 0 bridgehead atoms. The number of nitrogens with zero attached hydrogens (tertiary/aromatic N) is 2. The summed E-state index contributed by atoms with van der Waals surface area (Å²) in [5.41, 5.74) is 2.95. The van der Waals surface area contributed by atoms with Crippen LogP contribution in [0.3, 0.4) is 0 Å². The second-order valence-electron chi connectivity index (χ2n) is 6.82. The lowest BCUT2D eigenvalue weighted by molar-refractivity contribution is 0.321. The molecular formula is C22H26N2O2S3. The number of hydrogen-bond acceptors (Lipinski definition) is 7. The van der Waals surface area contributed by atoms with E-state index in [9.17, 15) is 0 Å². The zero-order valence-corrected chi connectivity index (χ0v) is 19.2. The molecule has 0 aliphatic heterocycles. The van der Waals surface area contributed by atoms with Crippen LogP contribution >= 0.6 is 34.0 Å². The van der Waals surface area contributed by atoms with Crippen LogP contribution in [-0.2, 0) is 12.8 Å². The van der Waals surface area contributed by atoms with Gasteiger partial charge in [0.15, 0.2) is 0 Å². The highest BCUT2D eigenvalue weighted by Gasteiger charge is 2.21. The summed E-state index contributed by atoms with van der Waals surface area (Å²) in [4.78, 5) is 7.04. The predicted octanol–water partition coefficient (Wildman–Crippen LogP) is 7.51. The van der Waals surface area contributed by atoms with Crippen molar-refractivity contribution in [2.24, 2.45) is 10.3 Å². The zero-order valence-electron chi connectivity index (χ0n) is 16.7. The quantitative estimate of drug-likeness (QED) is 0.192. The van der Waals surface area contributed by atoms with Crippen LogP contribution in [0.5, 0.6) is 0 Å². The molecule has 29 heavy (non-hydrogen) atoms. The number of hydrogen-bond donors (Lipinski definition) is 2. The van der Waals surface area contributed by atoms with Crippen molar-refractivity contribution in [3.05, 3.63) is 45.1 Å². The standard InChI is InChI=1S/C22H26N2O2S3/c1-3-5-7-17-18(8-6-4-2)22(20-12-10-16(28-20)14-24-26)29-21(17)19-11-9-15(27-19)13-23-25/h9-14,25-26H,3-8H2,1-2H3/b23-13+,24-14+. The third kappa shape index (κ3) is 5.15. The van der Waals surface area contributed by atoms with Crippen molar-refractivity contribution in [3.8, 4) is 19.5 Å². The Hall–Kier alpha value is -1.96. The van der Waals surface area contributed by atoms with Crippen LogP contribution in [0, 0.1) is 0 Å². The molecule has 0 spiro atoms. The van der Waals surface area contributed by atoms with Gasteiger partial charge in [0.05, 0.1) is 12.4 Å². The van der Waals surface area contributed by atoms with Gasteiger partial charge in [0.1, 0.15) is 0 Å². The molecule has 7 heteroatoms. The molecule has 3 aromatic heterocycles. The van der Waals surface area contributed by atoms with Crippen molar-refractivity contribution >= 4 is 46.4 Å². The van der Waals surface area contributed by atoms with E-state index in [4.69, 9.17) is 10.4 Å². The van der Waals surface area contributed by atoms with Crippen LogP contribution in [0.1, 0.15) is 60.4 Å². The summed E-state index contributed by atoms with van der Waals surface area (Å²) in [6.07, 6.45) is 9.83. The highest BCUT2D eigenvalue weighted by atomic mass is 32.1. The van der Waals surface area contributed by atoms with Crippen LogP contribution in [0.15, 0.2) is 34.6 Å². The third-order valence-electron chi connectivity index (χ3n) is 4.75. The molecule has 3 aromatic rings. The fourth-order valence-corrected chi connectivity index (χ4v) is 6.76. The van der Waals surface area contributed by atoms with E-state index >= 15 is 0 Å². The van der Waals surface area contributed by atoms with Gasteiger partial charge in [0.25, 0.3) is 0 Å². The molecule has 154 valence electrons. The molecular weight excluding hydrogens is 420 g/mol. The van der Waals surface area contributed by atoms with Gasteiger partial charge in [0.2, 0.25) is 0 Å². The molecule has 0 atom stereocenters. The average Bonchev–Trinajstić information content (AvgIpc) is 3.44. The summed E-state index contributed by atoms with van der Waals surface area (Å²) in [5, 5.41) is 24.1. The monoisotopic (exact) mass is 446 g/mol. The molecule has 4 nitrogen and oxygen atoms in total. The maximum absolute atomic E-state index is 8.86. The Kier molecular flexibility index (Phi) is 8.03. The third-order valence-corrected chi connectivity index (χ3v) is 8.42. The minimum absolute atomic E-state index is 0.951. The first kappa shape index (κ1) is 21.7. The van der Waals surface area contributed by atoms with Gasteiger partial charge in [-0.15, -0.1) is 34.0 Å². The summed E-state index contributed by atoms with van der Waals surface area (Å²) in [6, 6.07) is 8.29. The minimum Gasteiger partial charge on any atom is -0.411 e. The lowest BCUT2D eigenvalue weighted by atomic mass is 9.97. The Morgan fingerprint density at radius 3 is 1.55 bits per heavy atom. The average molecular weight is 447 g/mol. The molecule has 0 aliphatic rings. The van der Waals surface area contributed by atoms with E-state index in [-0.39, 0.29) is 0 Å². The SMILES string of the molecule is CCCCc1c(-c2ccc(/C=N/O)s2)sc(-c2ccc(/C=N/O)s2)c1CCCC. The van der Waals surface area contributed by atoms with Gasteiger partial charge in [-0.1, -0.05) is 37.0 Å². The number of rotatable bonds is 10. The van der Waals surface area contributed by atoms with E-state index in [1.807, 2.05) is 23.5 Å². The van der Waals surface area contributed by atoms with Crippen molar-refractivity contribution in [1.29, 1.82) is 0 Å². The van der Waals surface area contributed by atoms with Crippen molar-refractivity contribution in [3.63, 3.8) is 0 Å². The molecule has 0 aliphatic carbocycles. The van der Waals surface area contributed by atoms with E-state index in [2.05, 4.69) is 36.3 Å². The Bertz CT molecular complexity index is 906. The molecule has 0 radical (unpaired) electrons. The maximum Gasteiger partial charge on any atom is 0.0833 e. The lowest BCUT2D eigenvalue weighted by Crippen LogP contribution is -1.94. The Balaban J connectivity index is 2.13. The molecule has 0 unspecified atom stereocenters. The van der Waals surface area contributed by atoms with Gasteiger partial charge in [-0.3, -0.25) is 0 Å². The molecule has 2 N–H and O–H groups in total. The van der Waals surface area contributed by atoms with Gasteiger partial charge < -0.3 is 10.4 Å². The summed E-state index contributed by atoms with van der Waals surface area (Å²) < 4.78 is 0. The molecule has 3 heterocycles. The number of thiophene rings is 3. The maximum atomic E-state index is 8.86. The highest BCUT2D eigenvalue weighted by molar-refractivity contribution is 7.27. The second-order valence-corrected chi connectivity index (χ2v) is 10.1. The van der Waals surface area contributed by atoms with Crippen molar-refractivity contribution < 1.29 is 10.4 Å². The lowest BCUT2D eigenvalue weighted by Gasteiger charge is -2.08.